The molecule has 0 bridgehead atoms. The van der Waals surface area contributed by atoms with E-state index in [1.54, 1.807) is 18.0 Å². The number of carbonyl (C=O) groups is 1. The standard InChI is InChI=1S/C18H25N3OS/c1-21-18(23-13-14-8-4-2-5-9-14)16(12-19-21)20-17(22)15-10-6-3-7-11-15/h2,4-5,8,12,14-15H,3,6-7,9-11,13H2,1H3,(H,20,22). The molecule has 1 unspecified atom stereocenters. The Hall–Kier alpha value is -1.49. The zero-order valence-corrected chi connectivity index (χ0v) is 14.5. The van der Waals surface area contributed by atoms with Crippen LogP contribution in [0.15, 0.2) is 35.5 Å². The number of aryl methyl sites for hydroxylation is 1. The minimum absolute atomic E-state index is 0.167. The quantitative estimate of drug-likeness (QED) is 0.824. The molecule has 2 aliphatic carbocycles. The van der Waals surface area contributed by atoms with E-state index >= 15 is 0 Å². The highest BCUT2D eigenvalue weighted by Gasteiger charge is 2.23. The molecule has 1 aromatic heterocycles. The first-order chi connectivity index (χ1) is 11.2. The Morgan fingerprint density at radius 1 is 1.35 bits per heavy atom. The van der Waals surface area contributed by atoms with Gasteiger partial charge in [0.2, 0.25) is 5.91 Å². The van der Waals surface area contributed by atoms with E-state index in [9.17, 15) is 4.79 Å². The predicted molar refractivity (Wildman–Crippen MR) is 95.5 cm³/mol. The number of nitrogens with zero attached hydrogens (tertiary/aromatic N) is 2. The van der Waals surface area contributed by atoms with Crippen LogP contribution >= 0.6 is 11.8 Å². The van der Waals surface area contributed by atoms with Crippen molar-refractivity contribution in [3.63, 3.8) is 0 Å². The molecular weight excluding hydrogens is 306 g/mol. The molecule has 2 aliphatic rings. The Bertz CT molecular complexity index is 599. The highest BCUT2D eigenvalue weighted by molar-refractivity contribution is 7.99. The third kappa shape index (κ3) is 4.28. The van der Waals surface area contributed by atoms with Gasteiger partial charge >= 0.3 is 0 Å². The van der Waals surface area contributed by atoms with Crippen molar-refractivity contribution in [2.24, 2.45) is 18.9 Å². The van der Waals surface area contributed by atoms with Crippen molar-refractivity contribution in [1.29, 1.82) is 0 Å². The first-order valence-electron chi connectivity index (χ1n) is 8.53. The SMILES string of the molecule is Cn1ncc(NC(=O)C2CCCCC2)c1SCC1C=CC=CC1. The lowest BCUT2D eigenvalue weighted by Gasteiger charge is -2.20. The lowest BCUT2D eigenvalue weighted by Crippen LogP contribution is -2.24. The largest absolute Gasteiger partial charge is 0.322 e. The highest BCUT2D eigenvalue weighted by Crippen LogP contribution is 2.31. The zero-order chi connectivity index (χ0) is 16.1. The summed E-state index contributed by atoms with van der Waals surface area (Å²) in [5.74, 6) is 1.90. The highest BCUT2D eigenvalue weighted by atomic mass is 32.2. The van der Waals surface area contributed by atoms with E-state index in [0.29, 0.717) is 5.92 Å². The van der Waals surface area contributed by atoms with Gasteiger partial charge in [-0.15, -0.1) is 11.8 Å². The Balaban J connectivity index is 1.60. The Labute approximate surface area is 142 Å². The molecule has 4 nitrogen and oxygen atoms in total. The molecule has 23 heavy (non-hydrogen) atoms. The van der Waals surface area contributed by atoms with Gasteiger partial charge in [-0.05, 0) is 25.2 Å². The number of aromatic nitrogens is 2. The van der Waals surface area contributed by atoms with E-state index in [1.807, 2.05) is 11.7 Å². The van der Waals surface area contributed by atoms with E-state index in [0.717, 1.165) is 35.7 Å². The van der Waals surface area contributed by atoms with Crippen LogP contribution in [-0.2, 0) is 11.8 Å². The molecule has 3 rings (SSSR count). The fraction of sp³-hybridized carbons (Fsp3) is 0.556. The van der Waals surface area contributed by atoms with Crippen LogP contribution in [0.3, 0.4) is 0 Å². The van der Waals surface area contributed by atoms with Crippen LogP contribution in [0.1, 0.15) is 38.5 Å². The molecule has 1 atom stereocenters. The van der Waals surface area contributed by atoms with Gasteiger partial charge in [0, 0.05) is 18.7 Å². The third-order valence-corrected chi connectivity index (χ3v) is 5.97. The molecule has 1 amide bonds. The Morgan fingerprint density at radius 2 is 2.17 bits per heavy atom. The Kier molecular flexibility index (Phi) is 5.60. The van der Waals surface area contributed by atoms with E-state index in [-0.39, 0.29) is 11.8 Å². The predicted octanol–water partition coefficient (Wildman–Crippen LogP) is 4.16. The van der Waals surface area contributed by atoms with Gasteiger partial charge in [0.25, 0.3) is 0 Å². The van der Waals surface area contributed by atoms with Crippen molar-refractivity contribution in [2.75, 3.05) is 11.1 Å². The maximum atomic E-state index is 12.5. The van der Waals surface area contributed by atoms with Gasteiger partial charge < -0.3 is 5.32 Å². The lowest BCUT2D eigenvalue weighted by atomic mass is 9.89. The number of carbonyl (C=O) groups excluding carboxylic acids is 1. The van der Waals surface area contributed by atoms with E-state index in [1.165, 1.54) is 19.3 Å². The van der Waals surface area contributed by atoms with Crippen molar-refractivity contribution in [3.8, 4) is 0 Å². The maximum Gasteiger partial charge on any atom is 0.227 e. The Morgan fingerprint density at radius 3 is 2.91 bits per heavy atom. The van der Waals surface area contributed by atoms with Crippen LogP contribution in [0.5, 0.6) is 0 Å². The average Bonchev–Trinajstić information content (AvgIpc) is 2.94. The third-order valence-electron chi connectivity index (χ3n) is 4.62. The fourth-order valence-corrected chi connectivity index (χ4v) is 4.34. The normalized spacial score (nSPS) is 21.5. The van der Waals surface area contributed by atoms with Gasteiger partial charge in [0.05, 0.1) is 11.9 Å². The summed E-state index contributed by atoms with van der Waals surface area (Å²) in [6.45, 7) is 0. The molecule has 124 valence electrons. The molecule has 5 heteroatoms. The number of nitrogens with one attached hydrogen (secondary N) is 1. The molecule has 1 heterocycles. The molecule has 0 radical (unpaired) electrons. The fourth-order valence-electron chi connectivity index (χ4n) is 3.22. The van der Waals surface area contributed by atoms with Gasteiger partial charge in [0.1, 0.15) is 5.03 Å². The number of hydrogen-bond donors (Lipinski definition) is 1. The molecule has 1 saturated carbocycles. The molecule has 1 aromatic rings. The summed E-state index contributed by atoms with van der Waals surface area (Å²) in [6.07, 6.45) is 17.2. The molecule has 0 aliphatic heterocycles. The first-order valence-corrected chi connectivity index (χ1v) is 9.51. The van der Waals surface area contributed by atoms with Crippen LogP contribution in [-0.4, -0.2) is 21.4 Å². The van der Waals surface area contributed by atoms with Crippen LogP contribution in [0.25, 0.3) is 0 Å². The minimum atomic E-state index is 0.167. The van der Waals surface area contributed by atoms with Crippen molar-refractivity contribution in [1.82, 2.24) is 9.78 Å². The van der Waals surface area contributed by atoms with Gasteiger partial charge in [-0.25, -0.2) is 0 Å². The van der Waals surface area contributed by atoms with Crippen LogP contribution in [0, 0.1) is 11.8 Å². The number of rotatable bonds is 5. The summed E-state index contributed by atoms with van der Waals surface area (Å²) in [4.78, 5) is 12.5. The summed E-state index contributed by atoms with van der Waals surface area (Å²) in [6, 6.07) is 0. The zero-order valence-electron chi connectivity index (χ0n) is 13.7. The van der Waals surface area contributed by atoms with Gasteiger partial charge in [0.15, 0.2) is 0 Å². The van der Waals surface area contributed by atoms with Crippen LogP contribution in [0.4, 0.5) is 5.69 Å². The molecule has 0 aromatic carbocycles. The number of thioether (sulfide) groups is 1. The number of amides is 1. The average molecular weight is 331 g/mol. The minimum Gasteiger partial charge on any atom is -0.322 e. The van der Waals surface area contributed by atoms with E-state index in [4.69, 9.17) is 0 Å². The molecule has 0 saturated heterocycles. The second-order valence-corrected chi connectivity index (χ2v) is 7.44. The topological polar surface area (TPSA) is 46.9 Å². The summed E-state index contributed by atoms with van der Waals surface area (Å²) in [5, 5.41) is 8.49. The summed E-state index contributed by atoms with van der Waals surface area (Å²) < 4.78 is 1.86. The van der Waals surface area contributed by atoms with Crippen molar-refractivity contribution in [2.45, 2.75) is 43.6 Å². The second-order valence-electron chi connectivity index (χ2n) is 6.43. The van der Waals surface area contributed by atoms with E-state index in [2.05, 4.69) is 34.7 Å². The summed E-state index contributed by atoms with van der Waals surface area (Å²) >= 11 is 1.78. The molecular formula is C18H25N3OS. The molecule has 1 N–H and O–H groups in total. The van der Waals surface area contributed by atoms with Crippen molar-refractivity contribution >= 4 is 23.4 Å². The van der Waals surface area contributed by atoms with Crippen molar-refractivity contribution < 1.29 is 4.79 Å². The number of allylic oxidation sites excluding steroid dienone is 4. The monoisotopic (exact) mass is 331 g/mol. The first kappa shape index (κ1) is 16.4. The lowest BCUT2D eigenvalue weighted by molar-refractivity contribution is -0.120. The van der Waals surface area contributed by atoms with Gasteiger partial charge in [-0.2, -0.15) is 5.10 Å². The number of hydrogen-bond acceptors (Lipinski definition) is 3. The van der Waals surface area contributed by atoms with Gasteiger partial charge in [-0.1, -0.05) is 43.6 Å². The van der Waals surface area contributed by atoms with Crippen LogP contribution in [0.2, 0.25) is 0 Å². The summed E-state index contributed by atoms with van der Waals surface area (Å²) in [7, 11) is 1.94. The summed E-state index contributed by atoms with van der Waals surface area (Å²) in [5.41, 5.74) is 0.864. The number of anilines is 1. The second kappa shape index (κ2) is 7.86. The van der Waals surface area contributed by atoms with E-state index < -0.39 is 0 Å². The molecule has 1 fully saturated rings. The maximum absolute atomic E-state index is 12.5. The van der Waals surface area contributed by atoms with Gasteiger partial charge in [-0.3, -0.25) is 9.48 Å². The smallest absolute Gasteiger partial charge is 0.227 e. The van der Waals surface area contributed by atoms with Crippen LogP contribution < -0.4 is 5.32 Å². The molecule has 0 spiro atoms. The van der Waals surface area contributed by atoms with Crippen molar-refractivity contribution in [3.05, 3.63) is 30.5 Å².